The number of rotatable bonds is 9. The zero-order chi connectivity index (χ0) is 22.9. The van der Waals surface area contributed by atoms with E-state index in [1.165, 1.54) is 0 Å². The van der Waals surface area contributed by atoms with Gasteiger partial charge in [0.1, 0.15) is 18.3 Å². The van der Waals surface area contributed by atoms with Gasteiger partial charge in [-0.15, -0.1) is 0 Å². The molecule has 0 radical (unpaired) electrons. The molecule has 1 fully saturated rings. The Morgan fingerprint density at radius 1 is 1.27 bits per heavy atom. The lowest BCUT2D eigenvalue weighted by Crippen LogP contribution is -2.38. The summed E-state index contributed by atoms with van der Waals surface area (Å²) in [6.07, 6.45) is -6.35. The first kappa shape index (κ1) is 24.8. The van der Waals surface area contributed by atoms with Crippen LogP contribution < -0.4 is 25.9 Å². The summed E-state index contributed by atoms with van der Waals surface area (Å²) in [6, 6.07) is 0. The van der Waals surface area contributed by atoms with Crippen molar-refractivity contribution >= 4 is 30.2 Å². The van der Waals surface area contributed by atoms with Crippen LogP contribution in [0, 0.1) is 0 Å². The van der Waals surface area contributed by atoms with Gasteiger partial charge >= 0.3 is 21.8 Å². The number of phosphoric acid groups is 2. The number of nitrogens with one attached hydrogen (secondary N) is 1. The molecule has 7 atom stereocenters. The molecular weight excluding hydrogens is 481 g/mol. The van der Waals surface area contributed by atoms with Crippen LogP contribution in [0.3, 0.4) is 0 Å². The number of phosphoric ester groups is 1. The molecule has 2 heterocycles. The van der Waals surface area contributed by atoms with Crippen molar-refractivity contribution in [2.24, 2.45) is 0 Å². The second kappa shape index (κ2) is 9.36. The second-order valence-corrected chi connectivity index (χ2v) is 9.29. The van der Waals surface area contributed by atoms with Gasteiger partial charge in [0.2, 0.25) is 0 Å². The zero-order valence-corrected chi connectivity index (χ0v) is 16.8. The monoisotopic (exact) mass is 492 g/mol. The number of aromatic amines is 1. The molecule has 0 bridgehead atoms. The first-order valence-corrected chi connectivity index (χ1v) is 11.4. The van der Waals surface area contributed by atoms with E-state index in [9.17, 15) is 53.0 Å². The van der Waals surface area contributed by atoms with Gasteiger partial charge in [-0.2, -0.15) is 0 Å². The van der Waals surface area contributed by atoms with E-state index in [2.05, 4.69) is 13.1 Å². The third-order valence-electron chi connectivity index (χ3n) is 3.50. The Labute approximate surface area is 165 Å². The third-order valence-corrected chi connectivity index (χ3v) is 6.90. The SMILES string of the molecule is O=Cc1cn(C2OC(COP(=O)([O-])OP(=O)([O-])O[P+](=O)[O-])C(O)C2O)c(=O)[nH]c1=O. The quantitative estimate of drug-likeness (QED) is 0.219. The van der Waals surface area contributed by atoms with Gasteiger partial charge in [-0.05, 0) is 4.57 Å². The van der Waals surface area contributed by atoms with Crippen LogP contribution in [0.5, 0.6) is 0 Å². The summed E-state index contributed by atoms with van der Waals surface area (Å²) in [5.41, 5.74) is -2.70. The van der Waals surface area contributed by atoms with Gasteiger partial charge in [-0.3, -0.25) is 28.3 Å². The topological polar surface area (TPSA) is 270 Å². The fourth-order valence-corrected chi connectivity index (χ4v) is 4.82. The van der Waals surface area contributed by atoms with Gasteiger partial charge in [0.05, 0.1) is 12.2 Å². The molecule has 0 aliphatic carbocycles. The molecule has 0 spiro atoms. The molecule has 168 valence electrons. The molecule has 0 amide bonds. The number of carbonyl (C=O) groups excluding carboxylic acids is 1. The number of aliphatic hydroxyl groups is 2. The summed E-state index contributed by atoms with van der Waals surface area (Å²) in [5.74, 6) is 0. The van der Waals surface area contributed by atoms with Gasteiger partial charge in [0.25, 0.3) is 13.4 Å². The number of carbonyl (C=O) groups is 1. The van der Waals surface area contributed by atoms with Gasteiger partial charge in [-0.1, -0.05) is 4.31 Å². The average Bonchev–Trinajstić information content (AvgIpc) is 2.86. The number of aldehydes is 1. The standard InChI is InChI=1S/C10H13N2O15P3/c13-2-4-1-12(10(17)11-8(4)16)9-7(15)6(14)5(25-9)3-24-29(20,21)27-30(22,23)26-28(18)19/h1-2,5-7,9,14-15H,3H2,(H,20,21)(H,22,23)(H,11,16,17)/p-2. The Morgan fingerprint density at radius 2 is 1.90 bits per heavy atom. The minimum absolute atomic E-state index is 0.0944. The third kappa shape index (κ3) is 6.04. The van der Waals surface area contributed by atoms with Gasteiger partial charge in [-0.25, -0.2) is 9.11 Å². The van der Waals surface area contributed by atoms with E-state index in [1.54, 1.807) is 4.98 Å². The van der Waals surface area contributed by atoms with E-state index in [4.69, 9.17) is 4.74 Å². The summed E-state index contributed by atoms with van der Waals surface area (Å²) in [4.78, 5) is 68.6. The molecule has 0 aromatic carbocycles. The van der Waals surface area contributed by atoms with Crippen LogP contribution in [0.25, 0.3) is 0 Å². The summed E-state index contributed by atoms with van der Waals surface area (Å²) >= 11 is 0. The van der Waals surface area contributed by atoms with Crippen molar-refractivity contribution in [3.05, 3.63) is 32.6 Å². The van der Waals surface area contributed by atoms with Crippen LogP contribution in [-0.4, -0.2) is 51.0 Å². The maximum atomic E-state index is 11.9. The Kier molecular flexibility index (Phi) is 7.74. The molecule has 1 aliphatic heterocycles. The Hall–Kier alpha value is -1.45. The lowest BCUT2D eigenvalue weighted by molar-refractivity contribution is -0.244. The molecule has 7 unspecified atom stereocenters. The Bertz CT molecular complexity index is 1030. The molecule has 30 heavy (non-hydrogen) atoms. The highest BCUT2D eigenvalue weighted by molar-refractivity contribution is 7.63. The van der Waals surface area contributed by atoms with Crippen molar-refractivity contribution in [1.29, 1.82) is 0 Å². The number of aromatic nitrogens is 2. The van der Waals surface area contributed by atoms with E-state index in [0.717, 1.165) is 0 Å². The molecule has 1 aromatic rings. The lowest BCUT2D eigenvalue weighted by Gasteiger charge is -2.28. The number of hydrogen-bond donors (Lipinski definition) is 3. The largest absolute Gasteiger partial charge is 0.756 e. The highest BCUT2D eigenvalue weighted by Gasteiger charge is 2.45. The molecule has 0 saturated carbocycles. The van der Waals surface area contributed by atoms with Crippen LogP contribution in [0.4, 0.5) is 0 Å². The molecule has 20 heteroatoms. The number of hydrogen-bond acceptors (Lipinski definition) is 15. The zero-order valence-electron chi connectivity index (χ0n) is 14.2. The molecule has 3 N–H and O–H groups in total. The molecular formula is C10H11N2O15P3-2. The fourth-order valence-electron chi connectivity index (χ4n) is 2.28. The Morgan fingerprint density at radius 3 is 2.47 bits per heavy atom. The van der Waals surface area contributed by atoms with Crippen molar-refractivity contribution in [2.45, 2.75) is 24.5 Å². The minimum Gasteiger partial charge on any atom is -0.756 e. The minimum atomic E-state index is -5.85. The number of aliphatic hydroxyl groups excluding tert-OH is 2. The number of H-pyrrole nitrogens is 1. The maximum Gasteiger partial charge on any atom is 0.496 e. The van der Waals surface area contributed by atoms with Gasteiger partial charge in [0, 0.05) is 6.20 Å². The normalized spacial score (nSPS) is 28.5. The van der Waals surface area contributed by atoms with Gasteiger partial charge in [0.15, 0.2) is 12.5 Å². The molecule has 1 saturated heterocycles. The van der Waals surface area contributed by atoms with Crippen LogP contribution >= 0.6 is 23.9 Å². The number of nitrogens with zero attached hydrogens (tertiary/aromatic N) is 1. The van der Waals surface area contributed by atoms with Crippen molar-refractivity contribution < 1.29 is 61.3 Å². The highest BCUT2D eigenvalue weighted by Crippen LogP contribution is 2.58. The van der Waals surface area contributed by atoms with Gasteiger partial charge < -0.3 is 34.2 Å². The van der Waals surface area contributed by atoms with Crippen molar-refractivity contribution in [2.75, 3.05) is 6.61 Å². The second-order valence-electron chi connectivity index (χ2n) is 5.49. The van der Waals surface area contributed by atoms with E-state index in [-0.39, 0.29) is 6.29 Å². The van der Waals surface area contributed by atoms with E-state index in [1.807, 2.05) is 0 Å². The molecule has 1 aliphatic rings. The van der Waals surface area contributed by atoms with E-state index < -0.39 is 71.9 Å². The summed E-state index contributed by atoms with van der Waals surface area (Å²) in [6.45, 7) is -1.16. The van der Waals surface area contributed by atoms with Crippen LogP contribution in [0.2, 0.25) is 0 Å². The number of ether oxygens (including phenoxy) is 1. The van der Waals surface area contributed by atoms with Crippen LogP contribution in [0.15, 0.2) is 15.8 Å². The highest BCUT2D eigenvalue weighted by atomic mass is 31.3. The molecule has 17 nitrogen and oxygen atoms in total. The van der Waals surface area contributed by atoms with Crippen molar-refractivity contribution in [3.63, 3.8) is 0 Å². The summed E-state index contributed by atoms with van der Waals surface area (Å²) in [5, 5.41) is 20.0. The average molecular weight is 492 g/mol. The first-order valence-electron chi connectivity index (χ1n) is 7.40. The molecule has 1 aromatic heterocycles. The maximum absolute atomic E-state index is 11.9. The smallest absolute Gasteiger partial charge is 0.496 e. The van der Waals surface area contributed by atoms with Crippen LogP contribution in [0.1, 0.15) is 16.6 Å². The van der Waals surface area contributed by atoms with Crippen molar-refractivity contribution in [1.82, 2.24) is 9.55 Å². The fraction of sp³-hybridized carbons (Fsp3) is 0.500. The lowest BCUT2D eigenvalue weighted by atomic mass is 10.1. The van der Waals surface area contributed by atoms with Crippen molar-refractivity contribution in [3.8, 4) is 0 Å². The van der Waals surface area contributed by atoms with E-state index >= 15 is 0 Å². The van der Waals surface area contributed by atoms with Crippen LogP contribution in [-0.2, 0) is 31.6 Å². The molecule has 2 rings (SSSR count). The Balaban J connectivity index is 2.13. The predicted molar refractivity (Wildman–Crippen MR) is 83.6 cm³/mol. The first-order chi connectivity index (χ1) is 13.8. The predicted octanol–water partition coefficient (Wildman–Crippen LogP) is -4.03. The van der Waals surface area contributed by atoms with E-state index in [0.29, 0.717) is 10.8 Å². The summed E-state index contributed by atoms with van der Waals surface area (Å²) < 4.78 is 49.3. The summed E-state index contributed by atoms with van der Waals surface area (Å²) in [7, 11) is -15.6.